The molecule has 0 spiro atoms. The lowest BCUT2D eigenvalue weighted by Gasteiger charge is -2.24. The van der Waals surface area contributed by atoms with Crippen molar-refractivity contribution in [3.63, 3.8) is 0 Å². The lowest BCUT2D eigenvalue weighted by atomic mass is 9.79. The normalized spacial score (nSPS) is 13.6. The summed E-state index contributed by atoms with van der Waals surface area (Å²) in [5.41, 5.74) is 10.7. The molecule has 2 heterocycles. The average Bonchev–Trinajstić information content (AvgIpc) is 3.83. The molecule has 1 aliphatic rings. The van der Waals surface area contributed by atoms with Gasteiger partial charge < -0.3 is 0 Å². The van der Waals surface area contributed by atoms with Crippen LogP contribution in [0.2, 0.25) is 0 Å². The summed E-state index contributed by atoms with van der Waals surface area (Å²) < 4.78 is 5.40. The van der Waals surface area contributed by atoms with E-state index >= 15 is 0 Å². The Morgan fingerprint density at radius 1 is 0.396 bits per heavy atom. The Morgan fingerprint density at radius 3 is 1.75 bits per heavy atom. The molecule has 0 atom stereocenters. The highest BCUT2D eigenvalue weighted by Crippen LogP contribution is 2.58. The quantitative estimate of drug-likeness (QED) is 0.157. The number of hydrogen-bond donors (Lipinski definition) is 0. The molecule has 12 rings (SSSR count). The van der Waals surface area contributed by atoms with Crippen LogP contribution in [0.1, 0.15) is 25.0 Å². The van der Waals surface area contributed by atoms with Gasteiger partial charge in [-0.1, -0.05) is 135 Å². The van der Waals surface area contributed by atoms with Crippen LogP contribution >= 0.6 is 22.7 Å². The minimum Gasteiger partial charge on any atom is -0.135 e. The molecule has 0 radical (unpaired) electrons. The van der Waals surface area contributed by atoms with E-state index in [4.69, 9.17) is 0 Å². The summed E-state index contributed by atoms with van der Waals surface area (Å²) in [5.74, 6) is 0. The van der Waals surface area contributed by atoms with Gasteiger partial charge in [0.1, 0.15) is 0 Å². The lowest BCUT2D eigenvalue weighted by molar-refractivity contribution is 0.667. The average molecular weight is 709 g/mol. The van der Waals surface area contributed by atoms with Crippen LogP contribution in [0, 0.1) is 0 Å². The third kappa shape index (κ3) is 4.00. The summed E-state index contributed by atoms with van der Waals surface area (Å²) in [7, 11) is 0. The Morgan fingerprint density at radius 2 is 1.00 bits per heavy atom. The van der Waals surface area contributed by atoms with E-state index in [-0.39, 0.29) is 5.41 Å². The molecule has 2 heteroatoms. The summed E-state index contributed by atoms with van der Waals surface area (Å²) in [6, 6.07) is 59.6. The number of thiophene rings is 2. The molecule has 0 unspecified atom stereocenters. The summed E-state index contributed by atoms with van der Waals surface area (Å²) in [4.78, 5) is 0. The second-order valence-electron chi connectivity index (χ2n) is 15.2. The molecular weight excluding hydrogens is 677 g/mol. The maximum atomic E-state index is 2.55. The van der Waals surface area contributed by atoms with Gasteiger partial charge in [0.2, 0.25) is 0 Å². The lowest BCUT2D eigenvalue weighted by Crippen LogP contribution is -2.15. The van der Waals surface area contributed by atoms with E-state index in [9.17, 15) is 0 Å². The van der Waals surface area contributed by atoms with Crippen LogP contribution in [-0.2, 0) is 5.41 Å². The van der Waals surface area contributed by atoms with Crippen LogP contribution in [-0.4, -0.2) is 0 Å². The second-order valence-corrected chi connectivity index (χ2v) is 17.3. The maximum absolute atomic E-state index is 2.55. The largest absolute Gasteiger partial charge is 0.135 e. The Bertz CT molecular complexity index is 3310. The fourth-order valence-electron chi connectivity index (χ4n) is 9.69. The van der Waals surface area contributed by atoms with Crippen LogP contribution in [0.5, 0.6) is 0 Å². The molecule has 0 bridgehead atoms. The van der Waals surface area contributed by atoms with Gasteiger partial charge in [-0.25, -0.2) is 0 Å². The molecule has 248 valence electrons. The first-order valence-electron chi connectivity index (χ1n) is 18.4. The van der Waals surface area contributed by atoms with Crippen LogP contribution in [0.15, 0.2) is 158 Å². The molecule has 0 fully saturated rings. The Balaban J connectivity index is 1.24. The monoisotopic (exact) mass is 708 g/mol. The molecule has 9 aromatic carbocycles. The summed E-state index contributed by atoms with van der Waals surface area (Å²) in [6.07, 6.45) is 0. The van der Waals surface area contributed by atoms with Gasteiger partial charge in [0.25, 0.3) is 0 Å². The molecule has 0 nitrogen and oxygen atoms in total. The Labute approximate surface area is 315 Å². The van der Waals surface area contributed by atoms with E-state index in [0.717, 1.165) is 0 Å². The fourth-order valence-corrected chi connectivity index (χ4v) is 12.0. The smallest absolute Gasteiger partial charge is 0.0437 e. The summed E-state index contributed by atoms with van der Waals surface area (Å²) >= 11 is 3.85. The third-order valence-electron chi connectivity index (χ3n) is 12.0. The Hall–Kier alpha value is -5.80. The predicted octanol–water partition coefficient (Wildman–Crippen LogP) is 15.5. The highest BCUT2D eigenvalue weighted by molar-refractivity contribution is 7.26. The molecular formula is C51H32S2. The number of fused-ring (bicyclic) bond motifs is 13. The van der Waals surface area contributed by atoms with E-state index in [1.165, 1.54) is 117 Å². The Kier molecular flexibility index (Phi) is 5.97. The predicted molar refractivity (Wildman–Crippen MR) is 233 cm³/mol. The van der Waals surface area contributed by atoms with Gasteiger partial charge in [0.05, 0.1) is 0 Å². The zero-order valence-corrected chi connectivity index (χ0v) is 31.0. The van der Waals surface area contributed by atoms with Gasteiger partial charge in [-0.05, 0) is 108 Å². The summed E-state index contributed by atoms with van der Waals surface area (Å²) in [5, 5.41) is 13.2. The van der Waals surface area contributed by atoms with E-state index in [1.807, 2.05) is 22.7 Å². The molecule has 53 heavy (non-hydrogen) atoms. The minimum absolute atomic E-state index is 0.124. The van der Waals surface area contributed by atoms with Crippen molar-refractivity contribution in [2.24, 2.45) is 0 Å². The second kappa shape index (κ2) is 10.6. The first kappa shape index (κ1) is 29.7. The highest BCUT2D eigenvalue weighted by Gasteiger charge is 2.39. The van der Waals surface area contributed by atoms with Gasteiger partial charge in [-0.3, -0.25) is 0 Å². The van der Waals surface area contributed by atoms with E-state index in [1.54, 1.807) is 0 Å². The fraction of sp³-hybridized carbons (Fsp3) is 0.0588. The van der Waals surface area contributed by atoms with Crippen LogP contribution in [0.3, 0.4) is 0 Å². The molecule has 0 saturated carbocycles. The molecule has 0 aliphatic heterocycles. The van der Waals surface area contributed by atoms with E-state index < -0.39 is 0 Å². The topological polar surface area (TPSA) is 0 Å². The van der Waals surface area contributed by atoms with E-state index in [0.29, 0.717) is 0 Å². The van der Waals surface area contributed by atoms with Crippen molar-refractivity contribution in [3.05, 3.63) is 169 Å². The summed E-state index contributed by atoms with van der Waals surface area (Å²) in [6.45, 7) is 4.85. The van der Waals surface area contributed by atoms with Crippen LogP contribution in [0.4, 0.5) is 0 Å². The van der Waals surface area contributed by atoms with Crippen molar-refractivity contribution >= 4 is 95.3 Å². The van der Waals surface area contributed by atoms with Gasteiger partial charge in [-0.2, -0.15) is 0 Å². The molecule has 0 N–H and O–H groups in total. The van der Waals surface area contributed by atoms with Gasteiger partial charge in [0, 0.05) is 51.3 Å². The number of rotatable bonds is 2. The zero-order valence-electron chi connectivity index (χ0n) is 29.3. The SMILES string of the molecule is CC1(C)c2ccccc2-c2cc(-c3c4ccccc4c(-c4ccc5sc6ccccc6c5c4)c4ccccc34)c3sc4cc5ccccc5cc4c3c21. The number of hydrogen-bond acceptors (Lipinski definition) is 2. The number of benzene rings is 9. The molecule has 1 aliphatic carbocycles. The third-order valence-corrected chi connectivity index (χ3v) is 14.3. The van der Waals surface area contributed by atoms with Crippen LogP contribution < -0.4 is 0 Å². The molecule has 0 amide bonds. The van der Waals surface area contributed by atoms with Crippen molar-refractivity contribution in [1.29, 1.82) is 0 Å². The van der Waals surface area contributed by atoms with E-state index in [2.05, 4.69) is 172 Å². The van der Waals surface area contributed by atoms with Gasteiger partial charge in [-0.15, -0.1) is 22.7 Å². The standard InChI is InChI=1S/C51H32S2/c1-51(2)42-21-11-9-15-32(42)39-28-41(50-48(49(39)51)40-25-29-13-3-4-14-30(29)27-45(40)53-50)47-36-19-7-5-17-34(36)46(35-18-6-8-20-37(35)47)31-23-24-44-38(26-31)33-16-10-12-22-43(33)52-44/h3-28H,1-2H3. The van der Waals surface area contributed by atoms with Crippen molar-refractivity contribution < 1.29 is 0 Å². The zero-order chi connectivity index (χ0) is 35.0. The van der Waals surface area contributed by atoms with Crippen molar-refractivity contribution in [2.45, 2.75) is 19.3 Å². The minimum atomic E-state index is -0.124. The first-order chi connectivity index (χ1) is 26.0. The van der Waals surface area contributed by atoms with Gasteiger partial charge in [0.15, 0.2) is 0 Å². The molecule has 0 saturated heterocycles. The van der Waals surface area contributed by atoms with Crippen LogP contribution in [0.25, 0.3) is 106 Å². The highest BCUT2D eigenvalue weighted by atomic mass is 32.1. The molecule has 2 aromatic heterocycles. The van der Waals surface area contributed by atoms with Crippen molar-refractivity contribution in [1.82, 2.24) is 0 Å². The van der Waals surface area contributed by atoms with Crippen molar-refractivity contribution in [3.8, 4) is 33.4 Å². The van der Waals surface area contributed by atoms with Gasteiger partial charge >= 0.3 is 0 Å². The maximum Gasteiger partial charge on any atom is 0.0437 e. The first-order valence-corrected chi connectivity index (χ1v) is 20.1. The molecule has 11 aromatic rings. The van der Waals surface area contributed by atoms with Crippen molar-refractivity contribution in [2.75, 3.05) is 0 Å².